The first-order chi connectivity index (χ1) is 12.6. The number of thiophene rings is 1. The van der Waals surface area contributed by atoms with E-state index in [-0.39, 0.29) is 5.41 Å². The van der Waals surface area contributed by atoms with Crippen LogP contribution < -0.4 is 10.6 Å². The van der Waals surface area contributed by atoms with Crippen molar-refractivity contribution in [1.29, 1.82) is 0 Å². The number of hydrogen-bond donors (Lipinski definition) is 2. The van der Waals surface area contributed by atoms with Crippen LogP contribution in [-0.4, -0.2) is 33.7 Å². The Kier molecular flexibility index (Phi) is 7.06. The first-order valence-electron chi connectivity index (χ1n) is 8.99. The maximum absolute atomic E-state index is 11.7. The Morgan fingerprint density at radius 2 is 1.96 bits per heavy atom. The standard InChI is InChI=1S/C20H29N3O2S2/c1-6-21-19(23-14-20(3,4)18-8-7-11-26-18)22-13-16-9-10-17(15(2)12-16)27(5,24)25/h7-12H,6,13-14H2,1-5H3,(H2,21,22,23). The monoisotopic (exact) mass is 407 g/mol. The van der Waals surface area contributed by atoms with E-state index in [1.54, 1.807) is 17.4 Å². The molecule has 2 N–H and O–H groups in total. The number of aryl methyl sites for hydroxylation is 1. The Balaban J connectivity index is 2.08. The molecule has 2 rings (SSSR count). The quantitative estimate of drug-likeness (QED) is 0.544. The van der Waals surface area contributed by atoms with E-state index in [9.17, 15) is 8.42 Å². The molecule has 7 heteroatoms. The summed E-state index contributed by atoms with van der Waals surface area (Å²) in [4.78, 5) is 6.35. The second-order valence-corrected chi connectivity index (χ2v) is 10.2. The molecule has 148 valence electrons. The molecular weight excluding hydrogens is 378 g/mol. The van der Waals surface area contributed by atoms with Gasteiger partial charge >= 0.3 is 0 Å². The molecule has 5 nitrogen and oxygen atoms in total. The minimum atomic E-state index is -3.20. The zero-order valence-corrected chi connectivity index (χ0v) is 18.3. The van der Waals surface area contributed by atoms with E-state index < -0.39 is 9.84 Å². The Bertz CT molecular complexity index is 886. The summed E-state index contributed by atoms with van der Waals surface area (Å²) in [5, 5.41) is 8.78. The lowest BCUT2D eigenvalue weighted by molar-refractivity contribution is 0.518. The summed E-state index contributed by atoms with van der Waals surface area (Å²) in [6, 6.07) is 9.60. The molecule has 0 saturated heterocycles. The number of guanidine groups is 1. The van der Waals surface area contributed by atoms with Gasteiger partial charge in [0, 0.05) is 29.6 Å². The number of nitrogens with one attached hydrogen (secondary N) is 2. The predicted octanol–water partition coefficient (Wildman–Crippen LogP) is 3.49. The van der Waals surface area contributed by atoms with Gasteiger partial charge in [-0.15, -0.1) is 11.3 Å². The first-order valence-corrected chi connectivity index (χ1v) is 11.8. The minimum Gasteiger partial charge on any atom is -0.357 e. The molecule has 0 atom stereocenters. The number of nitrogens with zero attached hydrogens (tertiary/aromatic N) is 1. The van der Waals surface area contributed by atoms with E-state index >= 15 is 0 Å². The van der Waals surface area contributed by atoms with E-state index in [0.29, 0.717) is 11.4 Å². The fourth-order valence-corrected chi connectivity index (χ4v) is 4.60. The van der Waals surface area contributed by atoms with Crippen LogP contribution in [0.2, 0.25) is 0 Å². The lowest BCUT2D eigenvalue weighted by Gasteiger charge is -2.25. The molecule has 0 amide bonds. The molecule has 0 radical (unpaired) electrons. The van der Waals surface area contributed by atoms with E-state index in [4.69, 9.17) is 0 Å². The number of rotatable bonds is 7. The Labute approximate surface area is 166 Å². The molecule has 0 spiro atoms. The summed E-state index contributed by atoms with van der Waals surface area (Å²) in [6.45, 7) is 10.3. The van der Waals surface area contributed by atoms with Crippen LogP contribution in [0.5, 0.6) is 0 Å². The largest absolute Gasteiger partial charge is 0.357 e. The van der Waals surface area contributed by atoms with Gasteiger partial charge in [-0.25, -0.2) is 13.4 Å². The fourth-order valence-electron chi connectivity index (χ4n) is 2.79. The SMILES string of the molecule is CCNC(=NCc1ccc(S(C)(=O)=O)c(C)c1)NCC(C)(C)c1cccs1. The summed E-state index contributed by atoms with van der Waals surface area (Å²) in [7, 11) is -3.20. The normalized spacial score (nSPS) is 12.9. The minimum absolute atomic E-state index is 0.0120. The number of hydrogen-bond acceptors (Lipinski definition) is 4. The Morgan fingerprint density at radius 1 is 1.22 bits per heavy atom. The fraction of sp³-hybridized carbons (Fsp3) is 0.450. The van der Waals surface area contributed by atoms with Gasteiger partial charge in [0.05, 0.1) is 11.4 Å². The molecule has 1 heterocycles. The van der Waals surface area contributed by atoms with Crippen LogP contribution in [0.1, 0.15) is 36.8 Å². The summed E-state index contributed by atoms with van der Waals surface area (Å²) in [5.41, 5.74) is 1.74. The lowest BCUT2D eigenvalue weighted by Crippen LogP contribution is -2.43. The van der Waals surface area contributed by atoms with Crippen molar-refractivity contribution < 1.29 is 8.42 Å². The Morgan fingerprint density at radius 3 is 2.52 bits per heavy atom. The highest BCUT2D eigenvalue weighted by atomic mass is 32.2. The molecule has 0 aliphatic heterocycles. The van der Waals surface area contributed by atoms with Crippen molar-refractivity contribution >= 4 is 27.1 Å². The van der Waals surface area contributed by atoms with E-state index in [2.05, 4.69) is 47.0 Å². The van der Waals surface area contributed by atoms with Gasteiger partial charge in [-0.05, 0) is 42.5 Å². The molecule has 2 aromatic rings. The summed E-state index contributed by atoms with van der Waals surface area (Å²) in [5.74, 6) is 0.756. The molecule has 0 saturated carbocycles. The van der Waals surface area contributed by atoms with Gasteiger partial charge in [0.2, 0.25) is 0 Å². The van der Waals surface area contributed by atoms with Gasteiger partial charge in [0.25, 0.3) is 0 Å². The van der Waals surface area contributed by atoms with Crippen LogP contribution in [0.4, 0.5) is 0 Å². The summed E-state index contributed by atoms with van der Waals surface area (Å²) in [6.07, 6.45) is 1.23. The summed E-state index contributed by atoms with van der Waals surface area (Å²) < 4.78 is 23.5. The number of sulfone groups is 1. The van der Waals surface area contributed by atoms with E-state index in [0.717, 1.165) is 30.2 Å². The highest BCUT2D eigenvalue weighted by Crippen LogP contribution is 2.26. The van der Waals surface area contributed by atoms with Crippen LogP contribution >= 0.6 is 11.3 Å². The van der Waals surface area contributed by atoms with Gasteiger partial charge in [0.1, 0.15) is 0 Å². The summed E-state index contributed by atoms with van der Waals surface area (Å²) >= 11 is 1.76. The molecule has 0 aliphatic carbocycles. The third kappa shape index (κ3) is 6.07. The van der Waals surface area contributed by atoms with Crippen molar-refractivity contribution in [2.75, 3.05) is 19.3 Å². The highest BCUT2D eigenvalue weighted by molar-refractivity contribution is 7.90. The van der Waals surface area contributed by atoms with Crippen LogP contribution in [-0.2, 0) is 21.8 Å². The average molecular weight is 408 g/mol. The van der Waals surface area contributed by atoms with Gasteiger partial charge in [-0.2, -0.15) is 0 Å². The van der Waals surface area contributed by atoms with Crippen molar-refractivity contribution in [2.45, 2.75) is 44.6 Å². The lowest BCUT2D eigenvalue weighted by atomic mass is 9.91. The maximum atomic E-state index is 11.7. The second kappa shape index (κ2) is 8.89. The molecule has 0 fully saturated rings. The van der Waals surface area contributed by atoms with Gasteiger partial charge in [-0.3, -0.25) is 0 Å². The highest BCUT2D eigenvalue weighted by Gasteiger charge is 2.21. The third-order valence-corrected chi connectivity index (χ3v) is 6.78. The van der Waals surface area contributed by atoms with Gasteiger partial charge in [-0.1, -0.05) is 32.0 Å². The molecule has 1 aromatic carbocycles. The smallest absolute Gasteiger partial charge is 0.191 e. The number of aliphatic imine (C=N–C) groups is 1. The van der Waals surface area contributed by atoms with Crippen molar-refractivity contribution in [3.05, 3.63) is 51.7 Å². The zero-order valence-electron chi connectivity index (χ0n) is 16.7. The molecule has 1 aromatic heterocycles. The van der Waals surface area contributed by atoms with Crippen LogP contribution in [0.3, 0.4) is 0 Å². The first kappa shape index (κ1) is 21.4. The predicted molar refractivity (Wildman–Crippen MR) is 114 cm³/mol. The van der Waals surface area contributed by atoms with Crippen LogP contribution in [0.15, 0.2) is 45.6 Å². The van der Waals surface area contributed by atoms with Crippen molar-refractivity contribution in [3.63, 3.8) is 0 Å². The van der Waals surface area contributed by atoms with Crippen LogP contribution in [0, 0.1) is 6.92 Å². The van der Waals surface area contributed by atoms with Crippen molar-refractivity contribution in [3.8, 4) is 0 Å². The van der Waals surface area contributed by atoms with Crippen molar-refractivity contribution in [2.24, 2.45) is 4.99 Å². The van der Waals surface area contributed by atoms with E-state index in [1.165, 1.54) is 11.1 Å². The molecular formula is C20H29N3O2S2. The second-order valence-electron chi connectivity index (χ2n) is 7.28. The topological polar surface area (TPSA) is 70.6 Å². The third-order valence-electron chi connectivity index (χ3n) is 4.29. The van der Waals surface area contributed by atoms with E-state index in [1.807, 2.05) is 26.0 Å². The number of benzene rings is 1. The molecule has 0 aliphatic rings. The molecule has 0 unspecified atom stereocenters. The van der Waals surface area contributed by atoms with Gasteiger partial charge in [0.15, 0.2) is 15.8 Å². The Hall–Kier alpha value is -1.86. The molecule has 0 bridgehead atoms. The van der Waals surface area contributed by atoms with Crippen LogP contribution in [0.25, 0.3) is 0 Å². The maximum Gasteiger partial charge on any atom is 0.191 e. The van der Waals surface area contributed by atoms with Gasteiger partial charge < -0.3 is 10.6 Å². The zero-order chi connectivity index (χ0) is 20.1. The average Bonchev–Trinajstić information content (AvgIpc) is 3.12. The molecule has 27 heavy (non-hydrogen) atoms. The van der Waals surface area contributed by atoms with Crippen molar-refractivity contribution in [1.82, 2.24) is 10.6 Å².